The first-order valence-electron chi connectivity index (χ1n) is 4.34. The predicted octanol–water partition coefficient (Wildman–Crippen LogP) is 3.30. The van der Waals surface area contributed by atoms with Crippen molar-refractivity contribution in [3.63, 3.8) is 0 Å². The molecular formula is C11H12BrN. The Balaban J connectivity index is 2.75. The molecule has 1 unspecified atom stereocenters. The van der Waals surface area contributed by atoms with Crippen LogP contribution in [0.25, 0.3) is 0 Å². The van der Waals surface area contributed by atoms with Crippen molar-refractivity contribution in [2.45, 2.75) is 24.1 Å². The van der Waals surface area contributed by atoms with Crippen molar-refractivity contribution in [1.82, 2.24) is 0 Å². The molecule has 1 aromatic rings. The van der Waals surface area contributed by atoms with E-state index in [2.05, 4.69) is 22.0 Å². The van der Waals surface area contributed by atoms with Crippen LogP contribution in [0.15, 0.2) is 30.3 Å². The van der Waals surface area contributed by atoms with E-state index in [0.717, 1.165) is 12.8 Å². The molecule has 68 valence electrons. The summed E-state index contributed by atoms with van der Waals surface area (Å²) in [6.07, 6.45) is 1.58. The molecule has 0 aromatic heterocycles. The second-order valence-electron chi connectivity index (χ2n) is 3.09. The number of hydrogen-bond donors (Lipinski definition) is 0. The van der Waals surface area contributed by atoms with Gasteiger partial charge in [-0.25, -0.2) is 0 Å². The van der Waals surface area contributed by atoms with E-state index >= 15 is 0 Å². The number of nitrogens with zero attached hydrogens (tertiary/aromatic N) is 1. The molecule has 13 heavy (non-hydrogen) atoms. The summed E-state index contributed by atoms with van der Waals surface area (Å²) < 4.78 is -0.394. The van der Waals surface area contributed by atoms with Gasteiger partial charge >= 0.3 is 0 Å². The molecule has 1 aromatic carbocycles. The van der Waals surface area contributed by atoms with Gasteiger partial charge in [0.1, 0.15) is 4.32 Å². The third-order valence-electron chi connectivity index (χ3n) is 2.09. The summed E-state index contributed by atoms with van der Waals surface area (Å²) in [5.74, 6) is 0. The Morgan fingerprint density at radius 1 is 1.38 bits per heavy atom. The molecule has 0 heterocycles. The number of hydrogen-bond acceptors (Lipinski definition) is 1. The second kappa shape index (κ2) is 4.43. The van der Waals surface area contributed by atoms with Crippen LogP contribution in [0.3, 0.4) is 0 Å². The van der Waals surface area contributed by atoms with Gasteiger partial charge in [0.2, 0.25) is 0 Å². The van der Waals surface area contributed by atoms with Crippen LogP contribution in [0, 0.1) is 11.3 Å². The molecule has 0 aliphatic heterocycles. The molecule has 0 radical (unpaired) electrons. The predicted molar refractivity (Wildman–Crippen MR) is 57.7 cm³/mol. The zero-order valence-electron chi connectivity index (χ0n) is 7.63. The minimum Gasteiger partial charge on any atom is -0.197 e. The van der Waals surface area contributed by atoms with Crippen LogP contribution < -0.4 is 0 Å². The molecule has 0 fully saturated rings. The quantitative estimate of drug-likeness (QED) is 0.741. The van der Waals surface area contributed by atoms with Gasteiger partial charge in [-0.05, 0) is 12.0 Å². The first-order valence-corrected chi connectivity index (χ1v) is 5.13. The highest BCUT2D eigenvalue weighted by molar-refractivity contribution is 9.10. The van der Waals surface area contributed by atoms with Gasteiger partial charge in [0.05, 0.1) is 6.07 Å². The van der Waals surface area contributed by atoms with Gasteiger partial charge in [-0.2, -0.15) is 5.26 Å². The molecule has 1 rings (SSSR count). The summed E-state index contributed by atoms with van der Waals surface area (Å²) in [4.78, 5) is 0. The van der Waals surface area contributed by atoms with Crippen molar-refractivity contribution >= 4 is 15.9 Å². The van der Waals surface area contributed by atoms with Crippen molar-refractivity contribution in [3.05, 3.63) is 35.9 Å². The third-order valence-corrected chi connectivity index (χ3v) is 3.11. The van der Waals surface area contributed by atoms with Gasteiger partial charge in [-0.3, -0.25) is 0 Å². The Bertz CT molecular complexity index is 302. The lowest BCUT2D eigenvalue weighted by Crippen LogP contribution is -2.19. The number of alkyl halides is 1. The number of nitriles is 1. The van der Waals surface area contributed by atoms with Crippen molar-refractivity contribution in [1.29, 1.82) is 5.26 Å². The molecule has 0 spiro atoms. The molecule has 0 saturated carbocycles. The van der Waals surface area contributed by atoms with Crippen LogP contribution in [0.2, 0.25) is 0 Å². The first-order chi connectivity index (χ1) is 6.20. The number of halogens is 1. The molecule has 0 amide bonds. The van der Waals surface area contributed by atoms with Crippen molar-refractivity contribution in [3.8, 4) is 6.07 Å². The zero-order chi connectivity index (χ0) is 9.73. The van der Waals surface area contributed by atoms with Crippen LogP contribution >= 0.6 is 15.9 Å². The van der Waals surface area contributed by atoms with Crippen LogP contribution in [0.5, 0.6) is 0 Å². The van der Waals surface area contributed by atoms with Crippen LogP contribution in [-0.2, 0) is 6.42 Å². The summed E-state index contributed by atoms with van der Waals surface area (Å²) in [5, 5.41) is 8.95. The lowest BCUT2D eigenvalue weighted by Gasteiger charge is -2.16. The molecule has 0 aliphatic carbocycles. The molecule has 1 atom stereocenters. The van der Waals surface area contributed by atoms with E-state index in [1.165, 1.54) is 5.56 Å². The summed E-state index contributed by atoms with van der Waals surface area (Å²) in [6, 6.07) is 12.4. The number of benzene rings is 1. The van der Waals surface area contributed by atoms with E-state index in [1.807, 2.05) is 37.3 Å². The summed E-state index contributed by atoms with van der Waals surface area (Å²) in [6.45, 7) is 2.01. The molecular weight excluding hydrogens is 226 g/mol. The molecule has 0 saturated heterocycles. The fraction of sp³-hybridized carbons (Fsp3) is 0.364. The lowest BCUT2D eigenvalue weighted by molar-refractivity contribution is 0.706. The Morgan fingerprint density at radius 3 is 2.46 bits per heavy atom. The highest BCUT2D eigenvalue weighted by Crippen LogP contribution is 2.26. The monoisotopic (exact) mass is 237 g/mol. The van der Waals surface area contributed by atoms with E-state index in [-0.39, 0.29) is 0 Å². The SMILES string of the molecule is CCC(Br)(C#N)Cc1ccccc1. The van der Waals surface area contributed by atoms with E-state index in [4.69, 9.17) is 5.26 Å². The summed E-state index contributed by atoms with van der Waals surface area (Å²) in [5.41, 5.74) is 1.20. The molecule has 0 bridgehead atoms. The van der Waals surface area contributed by atoms with Gasteiger partial charge in [0.25, 0.3) is 0 Å². The smallest absolute Gasteiger partial charge is 0.116 e. The van der Waals surface area contributed by atoms with Gasteiger partial charge in [0.15, 0.2) is 0 Å². The van der Waals surface area contributed by atoms with E-state index in [9.17, 15) is 0 Å². The molecule has 0 N–H and O–H groups in total. The van der Waals surface area contributed by atoms with Gasteiger partial charge < -0.3 is 0 Å². The second-order valence-corrected chi connectivity index (χ2v) is 4.61. The Kier molecular flexibility index (Phi) is 3.50. The first kappa shape index (κ1) is 10.3. The Morgan fingerprint density at radius 2 is 2.00 bits per heavy atom. The summed E-state index contributed by atoms with van der Waals surface area (Å²) >= 11 is 3.46. The van der Waals surface area contributed by atoms with E-state index in [1.54, 1.807) is 0 Å². The highest BCUT2D eigenvalue weighted by Gasteiger charge is 2.23. The van der Waals surface area contributed by atoms with E-state index in [0.29, 0.717) is 0 Å². The highest BCUT2D eigenvalue weighted by atomic mass is 79.9. The van der Waals surface area contributed by atoms with Crippen molar-refractivity contribution in [2.24, 2.45) is 0 Å². The lowest BCUT2D eigenvalue weighted by atomic mass is 9.98. The molecule has 1 nitrogen and oxygen atoms in total. The minimum atomic E-state index is -0.394. The number of rotatable bonds is 3. The third kappa shape index (κ3) is 2.86. The van der Waals surface area contributed by atoms with Gasteiger partial charge in [-0.15, -0.1) is 0 Å². The summed E-state index contributed by atoms with van der Waals surface area (Å²) in [7, 11) is 0. The maximum absolute atomic E-state index is 8.95. The largest absolute Gasteiger partial charge is 0.197 e. The standard InChI is InChI=1S/C11H12BrN/c1-2-11(12,9-13)8-10-6-4-3-5-7-10/h3-7H,2,8H2,1H3. The maximum atomic E-state index is 8.95. The van der Waals surface area contributed by atoms with Crippen LogP contribution in [0.1, 0.15) is 18.9 Å². The van der Waals surface area contributed by atoms with E-state index < -0.39 is 4.32 Å². The Labute approximate surface area is 87.5 Å². The van der Waals surface area contributed by atoms with Crippen molar-refractivity contribution < 1.29 is 0 Å². The fourth-order valence-corrected chi connectivity index (χ4v) is 1.49. The van der Waals surface area contributed by atoms with Crippen molar-refractivity contribution in [2.75, 3.05) is 0 Å². The average molecular weight is 238 g/mol. The zero-order valence-corrected chi connectivity index (χ0v) is 9.21. The molecule has 2 heteroatoms. The fourth-order valence-electron chi connectivity index (χ4n) is 1.16. The minimum absolute atomic E-state index is 0.394. The topological polar surface area (TPSA) is 23.8 Å². The Hall–Kier alpha value is -0.810. The normalized spacial score (nSPS) is 14.5. The maximum Gasteiger partial charge on any atom is 0.116 e. The van der Waals surface area contributed by atoms with Crippen LogP contribution in [0.4, 0.5) is 0 Å². The van der Waals surface area contributed by atoms with Gasteiger partial charge in [-0.1, -0.05) is 53.2 Å². The molecule has 0 aliphatic rings. The van der Waals surface area contributed by atoms with Crippen LogP contribution in [-0.4, -0.2) is 4.32 Å². The average Bonchev–Trinajstić information content (AvgIpc) is 2.19. The van der Waals surface area contributed by atoms with Gasteiger partial charge in [0, 0.05) is 6.42 Å².